The van der Waals surface area contributed by atoms with Crippen LogP contribution in [0.1, 0.15) is 149 Å². The van der Waals surface area contributed by atoms with E-state index in [4.69, 9.17) is 34.7 Å². The predicted molar refractivity (Wildman–Crippen MR) is 184 cm³/mol. The van der Waals surface area contributed by atoms with Gasteiger partial charge >= 0.3 is 0 Å². The van der Waals surface area contributed by atoms with E-state index in [1.807, 2.05) is 0 Å². The van der Waals surface area contributed by atoms with Crippen molar-refractivity contribution in [2.75, 3.05) is 19.0 Å². The molecule has 2 saturated heterocycles. The van der Waals surface area contributed by atoms with E-state index in [0.717, 1.165) is 89.1 Å². The molecule has 0 aromatic carbocycles. The standard InChI is InChI=1S/C12H21NO.C11H20N2O.C7H15N.C5H8Cl2O/c1-10-5-7-11(8-6-10)13-9-3-2-4-12(13)14;12-9-4-6-10(7-5-9)13-8-2-1-3-11(13)14;1-6-2-4-7(8)5-3-6;6-4-2-1-3-5(7)8/h10-11H,2-9H2,1H3;9-10H,1-8,12H2;6-7H,2-5,8H2,1H3;1-4H2. The fraction of sp³-hybridized carbons (Fsp3) is 0.914. The Morgan fingerprint density at radius 3 is 1.41 bits per heavy atom. The summed E-state index contributed by atoms with van der Waals surface area (Å²) in [7, 11) is 0. The maximum atomic E-state index is 11.7. The van der Waals surface area contributed by atoms with Crippen LogP contribution in [0.4, 0.5) is 0 Å². The van der Waals surface area contributed by atoms with Crippen LogP contribution in [0, 0.1) is 11.8 Å². The number of unbranched alkanes of at least 4 members (excludes halogenated alkanes) is 1. The van der Waals surface area contributed by atoms with E-state index in [0.29, 0.717) is 48.3 Å². The SMILES string of the molecule is CC1CCC(N)CC1.CC1CCC(N2CCCCC2=O)CC1.NC1CCC(N2CCCCC2=O)CC1.O=C(Cl)CCCCCl. The summed E-state index contributed by atoms with van der Waals surface area (Å²) in [5, 5.41) is -0.268. The van der Waals surface area contributed by atoms with Crippen LogP contribution in [0.25, 0.3) is 0 Å². The second-order valence-electron chi connectivity index (χ2n) is 14.1. The number of nitrogens with zero attached hydrogens (tertiary/aromatic N) is 2. The van der Waals surface area contributed by atoms with Gasteiger partial charge in [0.25, 0.3) is 0 Å². The Kier molecular flexibility index (Phi) is 20.2. The maximum Gasteiger partial charge on any atom is 0.222 e. The molecule has 2 aliphatic heterocycles. The Labute approximate surface area is 278 Å². The number of halogens is 2. The molecule has 0 unspecified atom stereocenters. The van der Waals surface area contributed by atoms with Crippen molar-refractivity contribution in [3.63, 3.8) is 0 Å². The minimum Gasteiger partial charge on any atom is -0.340 e. The summed E-state index contributed by atoms with van der Waals surface area (Å²) in [5.74, 6) is 3.22. The number of likely N-dealkylation sites (tertiary alicyclic amines) is 2. The highest BCUT2D eigenvalue weighted by Gasteiger charge is 2.30. The molecule has 2 amide bonds. The summed E-state index contributed by atoms with van der Waals surface area (Å²) in [5.41, 5.74) is 11.6. The first-order chi connectivity index (χ1) is 21.1. The molecule has 2 heterocycles. The number of nitrogens with two attached hydrogens (primary N) is 2. The molecule has 7 nitrogen and oxygen atoms in total. The molecule has 9 heteroatoms. The smallest absolute Gasteiger partial charge is 0.222 e. The minimum atomic E-state index is -0.268. The molecule has 5 fully saturated rings. The van der Waals surface area contributed by atoms with Gasteiger partial charge in [-0.25, -0.2) is 0 Å². The summed E-state index contributed by atoms with van der Waals surface area (Å²) in [4.78, 5) is 37.7. The zero-order chi connectivity index (χ0) is 32.3. The van der Waals surface area contributed by atoms with Crippen LogP contribution >= 0.6 is 23.2 Å². The Morgan fingerprint density at radius 1 is 0.659 bits per heavy atom. The first-order valence-corrected chi connectivity index (χ1v) is 18.9. The molecule has 3 saturated carbocycles. The number of carbonyl (C=O) groups is 3. The van der Waals surface area contributed by atoms with Gasteiger partial charge in [0, 0.05) is 62.4 Å². The van der Waals surface area contributed by atoms with Crippen LogP contribution in [0.5, 0.6) is 0 Å². The van der Waals surface area contributed by atoms with Crippen LogP contribution in [0.3, 0.4) is 0 Å². The van der Waals surface area contributed by atoms with Crippen LogP contribution in [-0.2, 0) is 14.4 Å². The molecule has 0 spiro atoms. The van der Waals surface area contributed by atoms with Gasteiger partial charge < -0.3 is 21.3 Å². The number of carbonyl (C=O) groups excluding carboxylic acids is 3. The van der Waals surface area contributed by atoms with Crippen molar-refractivity contribution in [3.8, 4) is 0 Å². The third-order valence-electron chi connectivity index (χ3n) is 10.1. The molecule has 0 bridgehead atoms. The third-order valence-corrected chi connectivity index (χ3v) is 10.6. The summed E-state index contributed by atoms with van der Waals surface area (Å²) in [6.45, 7) is 6.65. The number of hydrogen-bond donors (Lipinski definition) is 2. The van der Waals surface area contributed by atoms with Gasteiger partial charge in [0.1, 0.15) is 0 Å². The van der Waals surface area contributed by atoms with Gasteiger partial charge in [-0.1, -0.05) is 13.8 Å². The molecular formula is C35H64Cl2N4O3. The number of rotatable bonds is 6. The highest BCUT2D eigenvalue weighted by atomic mass is 35.5. The lowest BCUT2D eigenvalue weighted by atomic mass is 9.86. The van der Waals surface area contributed by atoms with Gasteiger partial charge in [0.2, 0.25) is 17.1 Å². The highest BCUT2D eigenvalue weighted by Crippen LogP contribution is 2.29. The monoisotopic (exact) mass is 658 g/mol. The van der Waals surface area contributed by atoms with E-state index >= 15 is 0 Å². The van der Waals surface area contributed by atoms with Gasteiger partial charge in [-0.05, 0) is 139 Å². The van der Waals surface area contributed by atoms with E-state index in [1.165, 1.54) is 64.2 Å². The average molecular weight is 660 g/mol. The fourth-order valence-corrected chi connectivity index (χ4v) is 7.36. The summed E-state index contributed by atoms with van der Waals surface area (Å²) < 4.78 is 0. The third kappa shape index (κ3) is 16.1. The predicted octanol–water partition coefficient (Wildman–Crippen LogP) is 7.53. The largest absolute Gasteiger partial charge is 0.340 e. The van der Waals surface area contributed by atoms with E-state index in [9.17, 15) is 14.4 Å². The van der Waals surface area contributed by atoms with E-state index in [-0.39, 0.29) is 5.24 Å². The Bertz CT molecular complexity index is 752. The first-order valence-electron chi connectivity index (χ1n) is 17.9. The van der Waals surface area contributed by atoms with Crippen molar-refractivity contribution in [3.05, 3.63) is 0 Å². The molecule has 0 radical (unpaired) electrons. The topological polar surface area (TPSA) is 110 Å². The Morgan fingerprint density at radius 2 is 1.05 bits per heavy atom. The quantitative estimate of drug-likeness (QED) is 0.174. The van der Waals surface area contributed by atoms with Crippen LogP contribution in [0.2, 0.25) is 0 Å². The molecule has 5 rings (SSSR count). The van der Waals surface area contributed by atoms with Gasteiger partial charge in [-0.15, -0.1) is 11.6 Å². The zero-order valence-corrected chi connectivity index (χ0v) is 29.5. The number of amides is 2. The van der Waals surface area contributed by atoms with E-state index in [2.05, 4.69) is 23.6 Å². The normalized spacial score (nSPS) is 31.0. The van der Waals surface area contributed by atoms with Crippen LogP contribution in [0.15, 0.2) is 0 Å². The summed E-state index contributed by atoms with van der Waals surface area (Å²) in [6.07, 6.45) is 23.0. The van der Waals surface area contributed by atoms with Crippen molar-refractivity contribution in [2.24, 2.45) is 23.3 Å². The van der Waals surface area contributed by atoms with Gasteiger partial charge in [-0.2, -0.15) is 0 Å². The molecule has 256 valence electrons. The van der Waals surface area contributed by atoms with Gasteiger partial charge in [-0.3, -0.25) is 14.4 Å². The number of alkyl halides is 1. The minimum absolute atomic E-state index is 0.268. The molecule has 0 atom stereocenters. The van der Waals surface area contributed by atoms with E-state index < -0.39 is 0 Å². The van der Waals surface area contributed by atoms with Gasteiger partial charge in [0.05, 0.1) is 0 Å². The van der Waals surface area contributed by atoms with Crippen molar-refractivity contribution < 1.29 is 14.4 Å². The lowest BCUT2D eigenvalue weighted by Gasteiger charge is -2.38. The lowest BCUT2D eigenvalue weighted by molar-refractivity contribution is -0.137. The Hall–Kier alpha value is -0.890. The highest BCUT2D eigenvalue weighted by molar-refractivity contribution is 6.63. The second kappa shape index (κ2) is 22.6. The van der Waals surface area contributed by atoms with Crippen molar-refractivity contribution in [1.29, 1.82) is 0 Å². The molecule has 0 aromatic heterocycles. The molecule has 5 aliphatic rings. The number of hydrogen-bond acceptors (Lipinski definition) is 5. The lowest BCUT2D eigenvalue weighted by Crippen LogP contribution is -2.46. The molecule has 44 heavy (non-hydrogen) atoms. The molecular weight excluding hydrogens is 595 g/mol. The average Bonchev–Trinajstić information content (AvgIpc) is 3.01. The fourth-order valence-electron chi connectivity index (χ4n) is 7.04. The molecule has 3 aliphatic carbocycles. The van der Waals surface area contributed by atoms with Crippen LogP contribution in [-0.4, -0.2) is 70.0 Å². The number of piperidine rings is 2. The second-order valence-corrected chi connectivity index (χ2v) is 14.9. The van der Waals surface area contributed by atoms with Crippen molar-refractivity contribution >= 4 is 40.3 Å². The van der Waals surface area contributed by atoms with Crippen molar-refractivity contribution in [1.82, 2.24) is 9.80 Å². The van der Waals surface area contributed by atoms with Gasteiger partial charge in [0.15, 0.2) is 0 Å². The maximum absolute atomic E-state index is 11.7. The molecule has 0 aromatic rings. The first kappa shape index (κ1) is 39.3. The van der Waals surface area contributed by atoms with Crippen molar-refractivity contribution in [2.45, 2.75) is 173 Å². The Balaban J connectivity index is 0.000000212. The molecule has 4 N–H and O–H groups in total. The zero-order valence-electron chi connectivity index (χ0n) is 28.0. The van der Waals surface area contributed by atoms with Crippen LogP contribution < -0.4 is 11.5 Å². The summed E-state index contributed by atoms with van der Waals surface area (Å²) >= 11 is 10.4. The van der Waals surface area contributed by atoms with E-state index in [1.54, 1.807) is 0 Å². The summed E-state index contributed by atoms with van der Waals surface area (Å²) in [6, 6.07) is 1.99.